The van der Waals surface area contributed by atoms with Gasteiger partial charge in [0.05, 0.1) is 33.3 Å². The summed E-state index contributed by atoms with van der Waals surface area (Å²) >= 11 is 13.4. The first-order valence-corrected chi connectivity index (χ1v) is 13.1. The van der Waals surface area contributed by atoms with Crippen molar-refractivity contribution in [2.24, 2.45) is 0 Å². The van der Waals surface area contributed by atoms with Crippen LogP contribution in [0.1, 0.15) is 11.1 Å². The Bertz CT molecular complexity index is 1490. The minimum atomic E-state index is -3.81. The molecule has 35 heavy (non-hydrogen) atoms. The number of hydrogen-bond donors (Lipinski definition) is 1. The summed E-state index contributed by atoms with van der Waals surface area (Å²) in [6, 6.07) is 13.5. The van der Waals surface area contributed by atoms with Crippen molar-refractivity contribution in [2.45, 2.75) is 15.5 Å². The maximum Gasteiger partial charge on any atom is 0.311 e. The van der Waals surface area contributed by atoms with Gasteiger partial charge in [0.1, 0.15) is 0 Å². The van der Waals surface area contributed by atoms with Gasteiger partial charge in [0.25, 0.3) is 5.91 Å². The van der Waals surface area contributed by atoms with Gasteiger partial charge in [-0.2, -0.15) is 0 Å². The number of halogens is 2. The average Bonchev–Trinajstić information content (AvgIpc) is 2.81. The first-order chi connectivity index (χ1) is 16.6. The zero-order chi connectivity index (χ0) is 25.3. The number of anilines is 1. The van der Waals surface area contributed by atoms with Gasteiger partial charge in [-0.25, -0.2) is 8.42 Å². The second kappa shape index (κ2) is 9.90. The van der Waals surface area contributed by atoms with Crippen LogP contribution >= 0.6 is 35.0 Å². The number of amides is 1. The highest BCUT2D eigenvalue weighted by molar-refractivity contribution is 8.04. The molecule has 8 nitrogen and oxygen atoms in total. The molecule has 1 heterocycles. The average molecular weight is 551 g/mol. The fourth-order valence-corrected chi connectivity index (χ4v) is 6.42. The lowest BCUT2D eigenvalue weighted by Gasteiger charge is -2.19. The standard InChI is InChI=1S/C23H16Cl2N2O6S2/c1-33-20-7-5-13(9-19(20)27(29)30)10-22-23(28)26-18-11-14(6-8-21(18)34-22)35(31,32)12-15-16(24)3-2-4-17(15)25/h2-11H,12H2,1H3,(H,26,28)/b22-10-. The highest BCUT2D eigenvalue weighted by Crippen LogP contribution is 2.41. The Morgan fingerprint density at radius 1 is 1.11 bits per heavy atom. The molecule has 1 N–H and O–H groups in total. The Morgan fingerprint density at radius 2 is 1.83 bits per heavy atom. The minimum Gasteiger partial charge on any atom is -0.490 e. The van der Waals surface area contributed by atoms with Gasteiger partial charge in [0.2, 0.25) is 0 Å². The Labute approximate surface area is 215 Å². The number of sulfone groups is 1. The lowest BCUT2D eigenvalue weighted by Crippen LogP contribution is -2.18. The van der Waals surface area contributed by atoms with Crippen LogP contribution in [0.3, 0.4) is 0 Å². The van der Waals surface area contributed by atoms with Crippen molar-refractivity contribution in [2.75, 3.05) is 12.4 Å². The number of methoxy groups -OCH3 is 1. The van der Waals surface area contributed by atoms with E-state index in [1.165, 1.54) is 37.5 Å². The third kappa shape index (κ3) is 5.30. The molecule has 0 aromatic heterocycles. The lowest BCUT2D eigenvalue weighted by atomic mass is 10.1. The van der Waals surface area contributed by atoms with Gasteiger partial charge in [-0.15, -0.1) is 0 Å². The van der Waals surface area contributed by atoms with E-state index >= 15 is 0 Å². The van der Waals surface area contributed by atoms with Gasteiger partial charge in [-0.05, 0) is 48.0 Å². The maximum atomic E-state index is 13.0. The molecule has 0 spiro atoms. The Balaban J connectivity index is 1.62. The normalized spacial score (nSPS) is 14.4. The van der Waals surface area contributed by atoms with E-state index < -0.39 is 26.4 Å². The van der Waals surface area contributed by atoms with Gasteiger partial charge in [0, 0.05) is 26.6 Å². The first-order valence-electron chi connectivity index (χ1n) is 9.92. The van der Waals surface area contributed by atoms with E-state index in [0.717, 1.165) is 11.8 Å². The van der Waals surface area contributed by atoms with Crippen molar-refractivity contribution in [3.05, 3.63) is 90.8 Å². The molecule has 4 rings (SSSR count). The van der Waals surface area contributed by atoms with E-state index in [1.54, 1.807) is 30.3 Å². The smallest absolute Gasteiger partial charge is 0.311 e. The summed E-state index contributed by atoms with van der Waals surface area (Å²) in [7, 11) is -2.48. The van der Waals surface area contributed by atoms with Gasteiger partial charge in [-0.1, -0.05) is 47.1 Å². The number of nitro groups is 1. The largest absolute Gasteiger partial charge is 0.490 e. The highest BCUT2D eigenvalue weighted by Gasteiger charge is 2.25. The molecule has 0 saturated heterocycles. The molecule has 0 fully saturated rings. The second-order valence-electron chi connectivity index (χ2n) is 7.37. The zero-order valence-corrected chi connectivity index (χ0v) is 21.1. The minimum absolute atomic E-state index is 0.00588. The van der Waals surface area contributed by atoms with Crippen molar-refractivity contribution in [3.63, 3.8) is 0 Å². The highest BCUT2D eigenvalue weighted by atomic mass is 35.5. The molecule has 0 bridgehead atoms. The number of carbonyl (C=O) groups is 1. The van der Waals surface area contributed by atoms with Crippen LogP contribution in [0.2, 0.25) is 10.0 Å². The van der Waals surface area contributed by atoms with Gasteiger partial charge in [0.15, 0.2) is 15.6 Å². The number of ether oxygens (including phenoxy) is 1. The molecule has 0 aliphatic carbocycles. The fraction of sp³-hybridized carbons (Fsp3) is 0.0870. The summed E-state index contributed by atoms with van der Waals surface area (Å²) < 4.78 is 31.0. The third-order valence-electron chi connectivity index (χ3n) is 5.10. The van der Waals surface area contributed by atoms with Crippen molar-refractivity contribution in [3.8, 4) is 5.75 Å². The zero-order valence-electron chi connectivity index (χ0n) is 17.9. The number of nitrogens with zero attached hydrogens (tertiary/aromatic N) is 1. The SMILES string of the molecule is COc1ccc(/C=C2\Sc3ccc(S(=O)(=O)Cc4c(Cl)cccc4Cl)cc3NC2=O)cc1[N+](=O)[O-]. The number of nitrogens with one attached hydrogen (secondary N) is 1. The van der Waals surface area contributed by atoms with Crippen LogP contribution in [0, 0.1) is 10.1 Å². The fourth-order valence-electron chi connectivity index (χ4n) is 3.37. The topological polar surface area (TPSA) is 116 Å². The summed E-state index contributed by atoms with van der Waals surface area (Å²) in [6.45, 7) is 0. The van der Waals surface area contributed by atoms with Crippen LogP contribution in [0.4, 0.5) is 11.4 Å². The van der Waals surface area contributed by atoms with Crippen LogP contribution in [0.5, 0.6) is 5.75 Å². The van der Waals surface area contributed by atoms with E-state index in [4.69, 9.17) is 27.9 Å². The summed E-state index contributed by atoms with van der Waals surface area (Å²) in [5.74, 6) is -0.757. The third-order valence-corrected chi connectivity index (χ3v) is 8.54. The molecule has 0 saturated carbocycles. The van der Waals surface area contributed by atoms with Crippen molar-refractivity contribution in [1.29, 1.82) is 0 Å². The van der Waals surface area contributed by atoms with Crippen LogP contribution < -0.4 is 10.1 Å². The molecule has 0 radical (unpaired) electrons. The summed E-state index contributed by atoms with van der Waals surface area (Å²) in [5.41, 5.74) is 0.848. The van der Waals surface area contributed by atoms with Crippen molar-refractivity contribution in [1.82, 2.24) is 0 Å². The number of rotatable bonds is 6. The van der Waals surface area contributed by atoms with Crippen LogP contribution in [-0.4, -0.2) is 26.4 Å². The predicted molar refractivity (Wildman–Crippen MR) is 136 cm³/mol. The quantitative estimate of drug-likeness (QED) is 0.228. The van der Waals surface area contributed by atoms with Crippen molar-refractivity contribution < 1.29 is 22.9 Å². The number of nitro benzene ring substituents is 1. The molecular formula is C23H16Cl2N2O6S2. The van der Waals surface area contributed by atoms with Crippen LogP contribution in [0.15, 0.2) is 69.3 Å². The van der Waals surface area contributed by atoms with E-state index in [1.807, 2.05) is 0 Å². The van der Waals surface area contributed by atoms with Crippen molar-refractivity contribution >= 4 is 68.2 Å². The Hall–Kier alpha value is -3.05. The molecule has 0 unspecified atom stereocenters. The summed E-state index contributed by atoms with van der Waals surface area (Å²) in [5, 5.41) is 14.5. The first kappa shape index (κ1) is 25.1. The van der Waals surface area contributed by atoms with Gasteiger partial charge >= 0.3 is 5.69 Å². The number of benzene rings is 3. The number of thioether (sulfide) groups is 1. The lowest BCUT2D eigenvalue weighted by molar-refractivity contribution is -0.385. The van der Waals surface area contributed by atoms with E-state index in [-0.39, 0.29) is 31.3 Å². The molecule has 3 aromatic carbocycles. The Kier molecular flexibility index (Phi) is 7.09. The summed E-state index contributed by atoms with van der Waals surface area (Å²) in [6.07, 6.45) is 1.51. The van der Waals surface area contributed by atoms with Crippen LogP contribution in [0.25, 0.3) is 6.08 Å². The molecule has 0 atom stereocenters. The predicted octanol–water partition coefficient (Wildman–Crippen LogP) is 5.97. The molecule has 12 heteroatoms. The maximum absolute atomic E-state index is 13.0. The van der Waals surface area contributed by atoms with Gasteiger partial charge in [-0.3, -0.25) is 14.9 Å². The monoisotopic (exact) mass is 550 g/mol. The van der Waals surface area contributed by atoms with E-state index in [0.29, 0.717) is 21.7 Å². The van der Waals surface area contributed by atoms with Gasteiger partial charge < -0.3 is 10.1 Å². The van der Waals surface area contributed by atoms with E-state index in [9.17, 15) is 23.3 Å². The molecule has 1 amide bonds. The second-order valence-corrected chi connectivity index (χ2v) is 11.3. The molecule has 1 aliphatic rings. The molecule has 3 aromatic rings. The number of hydrogen-bond acceptors (Lipinski definition) is 7. The molecular weight excluding hydrogens is 535 g/mol. The summed E-state index contributed by atoms with van der Waals surface area (Å²) in [4.78, 5) is 24.3. The van der Waals surface area contributed by atoms with E-state index in [2.05, 4.69) is 5.32 Å². The molecule has 180 valence electrons. The Morgan fingerprint density at radius 3 is 2.49 bits per heavy atom. The number of fused-ring (bicyclic) bond motifs is 1. The number of carbonyl (C=O) groups excluding carboxylic acids is 1. The van der Waals surface area contributed by atoms with Crippen LogP contribution in [-0.2, 0) is 20.4 Å². The molecule has 1 aliphatic heterocycles.